The third-order valence-electron chi connectivity index (χ3n) is 5.74. The fourth-order valence-electron chi connectivity index (χ4n) is 4.09. The monoisotopic (exact) mass is 371 g/mol. The van der Waals surface area contributed by atoms with Crippen molar-refractivity contribution in [1.29, 1.82) is 0 Å². The predicted octanol–water partition coefficient (Wildman–Crippen LogP) is 2.03. The van der Waals surface area contributed by atoms with Crippen molar-refractivity contribution in [2.45, 2.75) is 51.6 Å². The third kappa shape index (κ3) is 4.15. The van der Waals surface area contributed by atoms with Gasteiger partial charge >= 0.3 is 0 Å². The molecule has 146 valence electrons. The average Bonchev–Trinajstić information content (AvgIpc) is 2.97. The number of benzene rings is 1. The zero-order valence-corrected chi connectivity index (χ0v) is 16.4. The van der Waals surface area contributed by atoms with E-state index < -0.39 is 12.0 Å². The van der Waals surface area contributed by atoms with Gasteiger partial charge in [0.2, 0.25) is 17.7 Å². The number of rotatable bonds is 4. The first-order chi connectivity index (χ1) is 12.9. The minimum Gasteiger partial charge on any atom is -0.344 e. The fourth-order valence-corrected chi connectivity index (χ4v) is 4.09. The van der Waals surface area contributed by atoms with E-state index in [4.69, 9.17) is 0 Å². The molecule has 2 fully saturated rings. The van der Waals surface area contributed by atoms with E-state index in [9.17, 15) is 14.4 Å². The Hall–Kier alpha value is -2.37. The van der Waals surface area contributed by atoms with Gasteiger partial charge in [-0.3, -0.25) is 14.4 Å². The van der Waals surface area contributed by atoms with Crippen molar-refractivity contribution in [2.24, 2.45) is 5.92 Å². The first-order valence-corrected chi connectivity index (χ1v) is 9.80. The maximum Gasteiger partial charge on any atom is 0.244 e. The minimum absolute atomic E-state index is 0.0346. The molecule has 3 unspecified atom stereocenters. The van der Waals surface area contributed by atoms with Gasteiger partial charge in [0.25, 0.3) is 0 Å². The van der Waals surface area contributed by atoms with Crippen molar-refractivity contribution in [3.63, 3.8) is 0 Å². The summed E-state index contributed by atoms with van der Waals surface area (Å²) in [5.74, 6) is -0.790. The normalized spacial score (nSPS) is 24.0. The van der Waals surface area contributed by atoms with Crippen molar-refractivity contribution in [1.82, 2.24) is 15.1 Å². The number of carbonyl (C=O) groups excluding carboxylic acids is 3. The van der Waals surface area contributed by atoms with Crippen LogP contribution >= 0.6 is 0 Å². The van der Waals surface area contributed by atoms with Gasteiger partial charge in [0.1, 0.15) is 6.04 Å². The predicted molar refractivity (Wildman–Crippen MR) is 103 cm³/mol. The van der Waals surface area contributed by atoms with Crippen molar-refractivity contribution >= 4 is 17.7 Å². The van der Waals surface area contributed by atoms with E-state index in [1.165, 1.54) is 0 Å². The Kier molecular flexibility index (Phi) is 5.82. The second kappa shape index (κ2) is 8.11. The highest BCUT2D eigenvalue weighted by Crippen LogP contribution is 2.37. The third-order valence-corrected chi connectivity index (χ3v) is 5.74. The standard InChI is InChI=1S/C21H29N3O3/c1-14-7-9-16(10-8-14)19-17(13-18(25)23(19)3)20(26)22-15(2)21(27)24-11-5-4-6-12-24/h7-10,15,17,19H,4-6,11-13H2,1-3H3,(H,22,26). The Morgan fingerprint density at radius 1 is 1.11 bits per heavy atom. The van der Waals surface area contributed by atoms with Crippen LogP contribution in [0.2, 0.25) is 0 Å². The molecule has 0 radical (unpaired) electrons. The Bertz CT molecular complexity index is 710. The van der Waals surface area contributed by atoms with Crippen molar-refractivity contribution in [3.05, 3.63) is 35.4 Å². The SMILES string of the molecule is Cc1ccc(C2C(C(=O)NC(C)C(=O)N3CCCCC3)CC(=O)N2C)cc1. The summed E-state index contributed by atoms with van der Waals surface area (Å²) in [6, 6.07) is 7.05. The van der Waals surface area contributed by atoms with Gasteiger partial charge in [0.15, 0.2) is 0 Å². The summed E-state index contributed by atoms with van der Waals surface area (Å²) in [5.41, 5.74) is 2.08. The van der Waals surface area contributed by atoms with Crippen LogP contribution in [0, 0.1) is 12.8 Å². The molecule has 6 nitrogen and oxygen atoms in total. The minimum atomic E-state index is -0.574. The number of piperidine rings is 1. The van der Waals surface area contributed by atoms with E-state index in [0.717, 1.165) is 43.5 Å². The van der Waals surface area contributed by atoms with Crippen LogP contribution in [0.15, 0.2) is 24.3 Å². The van der Waals surface area contributed by atoms with Crippen LogP contribution < -0.4 is 5.32 Å². The smallest absolute Gasteiger partial charge is 0.244 e. The Morgan fingerprint density at radius 3 is 2.37 bits per heavy atom. The lowest BCUT2D eigenvalue weighted by Gasteiger charge is -2.30. The summed E-state index contributed by atoms with van der Waals surface area (Å²) in [5, 5.41) is 2.86. The molecule has 2 aliphatic rings. The molecule has 3 atom stereocenters. The highest BCUT2D eigenvalue weighted by molar-refractivity contribution is 5.93. The molecule has 6 heteroatoms. The number of carbonyl (C=O) groups is 3. The number of hydrogen-bond acceptors (Lipinski definition) is 3. The molecule has 2 aliphatic heterocycles. The molecule has 1 N–H and O–H groups in total. The zero-order valence-electron chi connectivity index (χ0n) is 16.4. The van der Waals surface area contributed by atoms with E-state index in [-0.39, 0.29) is 30.2 Å². The average molecular weight is 371 g/mol. The summed E-state index contributed by atoms with van der Waals surface area (Å²) in [7, 11) is 1.74. The molecule has 3 rings (SSSR count). The molecule has 0 spiro atoms. The van der Waals surface area contributed by atoms with Gasteiger partial charge < -0.3 is 15.1 Å². The van der Waals surface area contributed by atoms with E-state index >= 15 is 0 Å². The molecule has 2 heterocycles. The first kappa shape index (κ1) is 19.4. The van der Waals surface area contributed by atoms with Gasteiger partial charge in [-0.25, -0.2) is 0 Å². The van der Waals surface area contributed by atoms with Gasteiger partial charge in [0.05, 0.1) is 12.0 Å². The topological polar surface area (TPSA) is 69.7 Å². The molecule has 0 bridgehead atoms. The van der Waals surface area contributed by atoms with Crippen LogP contribution in [-0.4, -0.2) is 53.7 Å². The lowest BCUT2D eigenvalue weighted by Crippen LogP contribution is -2.50. The first-order valence-electron chi connectivity index (χ1n) is 9.80. The van der Waals surface area contributed by atoms with Crippen molar-refractivity contribution in [3.8, 4) is 0 Å². The van der Waals surface area contributed by atoms with Gasteiger partial charge in [-0.15, -0.1) is 0 Å². The fraction of sp³-hybridized carbons (Fsp3) is 0.571. The Labute approximate surface area is 160 Å². The summed E-state index contributed by atoms with van der Waals surface area (Å²) < 4.78 is 0. The quantitative estimate of drug-likeness (QED) is 0.880. The molecule has 0 aliphatic carbocycles. The molecule has 2 saturated heterocycles. The van der Waals surface area contributed by atoms with Crippen LogP contribution in [0.4, 0.5) is 0 Å². The highest BCUT2D eigenvalue weighted by Gasteiger charge is 2.43. The van der Waals surface area contributed by atoms with Crippen LogP contribution in [-0.2, 0) is 14.4 Å². The van der Waals surface area contributed by atoms with Crippen LogP contribution in [0.1, 0.15) is 49.8 Å². The van der Waals surface area contributed by atoms with Crippen LogP contribution in [0.3, 0.4) is 0 Å². The summed E-state index contributed by atoms with van der Waals surface area (Å²) in [6.45, 7) is 5.26. The lowest BCUT2D eigenvalue weighted by atomic mass is 9.92. The maximum absolute atomic E-state index is 12.9. The second-order valence-corrected chi connectivity index (χ2v) is 7.79. The molecule has 1 aromatic carbocycles. The second-order valence-electron chi connectivity index (χ2n) is 7.79. The Balaban J connectivity index is 1.70. The lowest BCUT2D eigenvalue weighted by molar-refractivity contribution is -0.137. The van der Waals surface area contributed by atoms with E-state index in [1.54, 1.807) is 18.9 Å². The number of amides is 3. The zero-order chi connectivity index (χ0) is 19.6. The molecule has 27 heavy (non-hydrogen) atoms. The van der Waals surface area contributed by atoms with Crippen LogP contribution in [0.5, 0.6) is 0 Å². The molecular weight excluding hydrogens is 342 g/mol. The van der Waals surface area contributed by atoms with Crippen LogP contribution in [0.25, 0.3) is 0 Å². The van der Waals surface area contributed by atoms with Gasteiger partial charge in [-0.1, -0.05) is 29.8 Å². The molecule has 1 aromatic rings. The number of likely N-dealkylation sites (tertiary alicyclic amines) is 2. The number of aryl methyl sites for hydroxylation is 1. The van der Waals surface area contributed by atoms with E-state index in [0.29, 0.717) is 0 Å². The maximum atomic E-state index is 12.9. The summed E-state index contributed by atoms with van der Waals surface area (Å²) >= 11 is 0. The van der Waals surface area contributed by atoms with Gasteiger partial charge in [-0.2, -0.15) is 0 Å². The molecule has 0 saturated carbocycles. The molecular formula is C21H29N3O3. The van der Waals surface area contributed by atoms with Gasteiger partial charge in [0, 0.05) is 26.6 Å². The summed E-state index contributed by atoms with van der Waals surface area (Å²) in [6.07, 6.45) is 3.36. The number of hydrogen-bond donors (Lipinski definition) is 1. The number of nitrogens with one attached hydrogen (secondary N) is 1. The molecule has 0 aromatic heterocycles. The van der Waals surface area contributed by atoms with Gasteiger partial charge in [-0.05, 0) is 38.7 Å². The summed E-state index contributed by atoms with van der Waals surface area (Å²) in [4.78, 5) is 41.3. The number of nitrogens with zero attached hydrogens (tertiary/aromatic N) is 2. The largest absolute Gasteiger partial charge is 0.344 e. The highest BCUT2D eigenvalue weighted by atomic mass is 16.2. The van der Waals surface area contributed by atoms with E-state index in [2.05, 4.69) is 5.32 Å². The Morgan fingerprint density at radius 2 is 1.74 bits per heavy atom. The molecule has 3 amide bonds. The van der Waals surface area contributed by atoms with E-state index in [1.807, 2.05) is 36.1 Å². The van der Waals surface area contributed by atoms with Crippen molar-refractivity contribution < 1.29 is 14.4 Å². The van der Waals surface area contributed by atoms with Crippen molar-refractivity contribution in [2.75, 3.05) is 20.1 Å².